The third kappa shape index (κ3) is 2.01. The van der Waals surface area contributed by atoms with Gasteiger partial charge < -0.3 is 4.74 Å². The normalized spacial score (nSPS) is 43.5. The minimum atomic E-state index is -3.44. The summed E-state index contributed by atoms with van der Waals surface area (Å²) in [5, 5.41) is 0. The van der Waals surface area contributed by atoms with E-state index < -0.39 is 13.4 Å². The molecule has 3 unspecified atom stereocenters. The van der Waals surface area contributed by atoms with Gasteiger partial charge in [-0.05, 0) is 32.4 Å². The SMILES string of the molecule is CCC1OP2(=O)OC(C)C1(Oc1ccccc1)C(C)O2. The van der Waals surface area contributed by atoms with Gasteiger partial charge in [0.05, 0.1) is 0 Å². The zero-order valence-corrected chi connectivity index (χ0v) is 12.7. The standard InChI is InChI=1S/C14H19O5P/c1-4-13-14(16-12-8-6-5-7-9-12)10(2)17-20(15,19-13)18-11(14)3/h5-11,13H,4H2,1-3H3. The van der Waals surface area contributed by atoms with E-state index in [1.807, 2.05) is 51.1 Å². The molecule has 0 aliphatic carbocycles. The maximum absolute atomic E-state index is 12.3. The van der Waals surface area contributed by atoms with Crippen LogP contribution in [0.4, 0.5) is 0 Å². The van der Waals surface area contributed by atoms with Gasteiger partial charge in [-0.2, -0.15) is 0 Å². The van der Waals surface area contributed by atoms with Crippen LogP contribution >= 0.6 is 7.82 Å². The topological polar surface area (TPSA) is 54.0 Å². The maximum atomic E-state index is 12.3. The fourth-order valence-electron chi connectivity index (χ4n) is 3.04. The molecule has 2 bridgehead atoms. The van der Waals surface area contributed by atoms with Gasteiger partial charge in [-0.15, -0.1) is 0 Å². The molecule has 3 fully saturated rings. The van der Waals surface area contributed by atoms with E-state index in [-0.39, 0.29) is 18.3 Å². The van der Waals surface area contributed by atoms with Gasteiger partial charge in [-0.3, -0.25) is 13.6 Å². The summed E-state index contributed by atoms with van der Waals surface area (Å²) in [5.41, 5.74) is -0.789. The van der Waals surface area contributed by atoms with Gasteiger partial charge in [0.15, 0.2) is 5.60 Å². The number of fused-ring (bicyclic) bond motifs is 3. The first kappa shape index (κ1) is 14.1. The zero-order valence-electron chi connectivity index (χ0n) is 11.8. The van der Waals surface area contributed by atoms with Crippen LogP contribution in [-0.4, -0.2) is 23.9 Å². The van der Waals surface area contributed by atoms with Crippen molar-refractivity contribution < 1.29 is 22.9 Å². The van der Waals surface area contributed by atoms with Crippen LogP contribution in [0, 0.1) is 0 Å². The van der Waals surface area contributed by atoms with E-state index in [1.54, 1.807) is 0 Å². The van der Waals surface area contributed by atoms with E-state index in [2.05, 4.69) is 0 Å². The number of para-hydroxylation sites is 1. The zero-order chi connectivity index (χ0) is 14.4. The molecule has 3 aliphatic heterocycles. The highest BCUT2D eigenvalue weighted by Crippen LogP contribution is 2.65. The molecule has 0 spiro atoms. The third-order valence-corrected chi connectivity index (χ3v) is 5.67. The van der Waals surface area contributed by atoms with Crippen LogP contribution in [0.25, 0.3) is 0 Å². The Morgan fingerprint density at radius 2 is 1.75 bits per heavy atom. The lowest BCUT2D eigenvalue weighted by Gasteiger charge is -2.55. The van der Waals surface area contributed by atoms with E-state index in [0.29, 0.717) is 6.42 Å². The van der Waals surface area contributed by atoms with Crippen LogP contribution in [-0.2, 0) is 18.1 Å². The van der Waals surface area contributed by atoms with Gasteiger partial charge >= 0.3 is 7.82 Å². The van der Waals surface area contributed by atoms with Gasteiger partial charge in [-0.1, -0.05) is 25.1 Å². The Kier molecular flexibility index (Phi) is 3.41. The number of benzene rings is 1. The van der Waals surface area contributed by atoms with Crippen molar-refractivity contribution >= 4 is 7.82 Å². The van der Waals surface area contributed by atoms with Gasteiger partial charge in [0.2, 0.25) is 0 Å². The lowest BCUT2D eigenvalue weighted by Crippen LogP contribution is -2.69. The van der Waals surface area contributed by atoms with Crippen molar-refractivity contribution in [3.05, 3.63) is 30.3 Å². The molecule has 3 atom stereocenters. The fourth-order valence-corrected chi connectivity index (χ4v) is 4.92. The second-order valence-corrected chi connectivity index (χ2v) is 6.74. The van der Waals surface area contributed by atoms with Crippen molar-refractivity contribution in [3.8, 4) is 5.75 Å². The van der Waals surface area contributed by atoms with E-state index >= 15 is 0 Å². The number of hydrogen-bond donors (Lipinski definition) is 0. The van der Waals surface area contributed by atoms with E-state index in [0.717, 1.165) is 5.75 Å². The van der Waals surface area contributed by atoms with Gasteiger partial charge in [0.25, 0.3) is 0 Å². The quantitative estimate of drug-likeness (QED) is 0.799. The van der Waals surface area contributed by atoms with E-state index in [1.165, 1.54) is 0 Å². The Bertz CT molecular complexity index is 516. The molecule has 0 saturated carbocycles. The van der Waals surface area contributed by atoms with Crippen LogP contribution in [0.5, 0.6) is 5.75 Å². The highest BCUT2D eigenvalue weighted by molar-refractivity contribution is 7.48. The van der Waals surface area contributed by atoms with Crippen molar-refractivity contribution in [2.75, 3.05) is 0 Å². The third-order valence-electron chi connectivity index (χ3n) is 4.01. The van der Waals surface area contributed by atoms with Crippen molar-refractivity contribution in [2.24, 2.45) is 0 Å². The molecule has 1 aromatic rings. The Hall–Kier alpha value is -0.870. The summed E-state index contributed by atoms with van der Waals surface area (Å²) in [7, 11) is -3.44. The average Bonchev–Trinajstić information content (AvgIpc) is 2.41. The second kappa shape index (κ2) is 4.85. The minimum absolute atomic E-state index is 0.318. The summed E-state index contributed by atoms with van der Waals surface area (Å²) in [4.78, 5) is 0. The number of ether oxygens (including phenoxy) is 1. The average molecular weight is 298 g/mol. The van der Waals surface area contributed by atoms with Gasteiger partial charge in [0.1, 0.15) is 24.1 Å². The summed E-state index contributed by atoms with van der Waals surface area (Å²) < 4.78 is 34.9. The molecule has 5 nitrogen and oxygen atoms in total. The van der Waals surface area contributed by atoms with Gasteiger partial charge in [0, 0.05) is 0 Å². The van der Waals surface area contributed by atoms with E-state index in [9.17, 15) is 4.57 Å². The number of rotatable bonds is 3. The van der Waals surface area contributed by atoms with Crippen molar-refractivity contribution in [2.45, 2.75) is 51.1 Å². The molecule has 110 valence electrons. The smallest absolute Gasteiger partial charge is 0.476 e. The molecule has 3 heterocycles. The largest absolute Gasteiger partial charge is 0.479 e. The molecule has 0 radical (unpaired) electrons. The van der Waals surface area contributed by atoms with Crippen LogP contribution < -0.4 is 4.74 Å². The second-order valence-electron chi connectivity index (χ2n) is 5.21. The molecular formula is C14H19O5P. The predicted octanol–water partition coefficient (Wildman–Crippen LogP) is 3.54. The molecule has 0 aromatic heterocycles. The van der Waals surface area contributed by atoms with Crippen LogP contribution in [0.15, 0.2) is 30.3 Å². The summed E-state index contributed by atoms with van der Waals surface area (Å²) in [5.74, 6) is 0.721. The highest BCUT2D eigenvalue weighted by Gasteiger charge is 2.66. The minimum Gasteiger partial charge on any atom is -0.479 e. The lowest BCUT2D eigenvalue weighted by molar-refractivity contribution is -0.235. The Morgan fingerprint density at radius 3 is 2.30 bits per heavy atom. The van der Waals surface area contributed by atoms with Gasteiger partial charge in [-0.25, -0.2) is 4.57 Å². The highest BCUT2D eigenvalue weighted by atomic mass is 31.2. The number of phosphoric ester groups is 1. The fraction of sp³-hybridized carbons (Fsp3) is 0.571. The number of hydrogen-bond acceptors (Lipinski definition) is 5. The predicted molar refractivity (Wildman–Crippen MR) is 73.7 cm³/mol. The first-order valence-corrected chi connectivity index (χ1v) is 8.35. The Labute approximate surface area is 118 Å². The summed E-state index contributed by atoms with van der Waals surface area (Å²) >= 11 is 0. The molecule has 0 N–H and O–H groups in total. The molecule has 4 rings (SSSR count). The van der Waals surface area contributed by atoms with Crippen molar-refractivity contribution in [1.82, 2.24) is 0 Å². The monoisotopic (exact) mass is 298 g/mol. The summed E-state index contributed by atoms with van der Waals surface area (Å²) in [6.45, 7) is 5.70. The molecule has 1 aromatic carbocycles. The molecule has 0 amide bonds. The molecule has 6 heteroatoms. The van der Waals surface area contributed by atoms with Crippen LogP contribution in [0.2, 0.25) is 0 Å². The molecule has 20 heavy (non-hydrogen) atoms. The Morgan fingerprint density at radius 1 is 1.15 bits per heavy atom. The van der Waals surface area contributed by atoms with Crippen LogP contribution in [0.3, 0.4) is 0 Å². The molecule has 3 saturated heterocycles. The molecular weight excluding hydrogens is 279 g/mol. The number of phosphoric acid groups is 1. The van der Waals surface area contributed by atoms with Crippen molar-refractivity contribution in [3.63, 3.8) is 0 Å². The maximum Gasteiger partial charge on any atom is 0.476 e. The van der Waals surface area contributed by atoms with E-state index in [4.69, 9.17) is 18.3 Å². The molecule has 3 aliphatic rings. The van der Waals surface area contributed by atoms with Crippen molar-refractivity contribution in [1.29, 1.82) is 0 Å². The summed E-state index contributed by atoms with van der Waals surface area (Å²) in [6, 6.07) is 9.49. The lowest BCUT2D eigenvalue weighted by atomic mass is 9.84. The van der Waals surface area contributed by atoms with Crippen LogP contribution in [0.1, 0.15) is 27.2 Å². The first-order chi connectivity index (χ1) is 9.50. The Balaban J connectivity index is 2.00. The first-order valence-electron chi connectivity index (χ1n) is 6.89. The summed E-state index contributed by atoms with van der Waals surface area (Å²) in [6.07, 6.45) is -0.369.